The fourth-order valence-corrected chi connectivity index (χ4v) is 2.34. The monoisotopic (exact) mass is 225 g/mol. The van der Waals surface area contributed by atoms with E-state index in [-0.39, 0.29) is 6.10 Å². The van der Waals surface area contributed by atoms with Crippen LogP contribution in [0.3, 0.4) is 0 Å². The van der Waals surface area contributed by atoms with Crippen molar-refractivity contribution < 1.29 is 5.11 Å². The minimum atomic E-state index is -0.306. The van der Waals surface area contributed by atoms with Gasteiger partial charge in [0.2, 0.25) is 0 Å². The predicted octanol–water partition coefficient (Wildman–Crippen LogP) is 0.994. The molecule has 4 heteroatoms. The Labute approximate surface area is 97.3 Å². The van der Waals surface area contributed by atoms with Gasteiger partial charge in [-0.3, -0.25) is 4.99 Å². The zero-order valence-electron chi connectivity index (χ0n) is 9.86. The molecule has 0 spiro atoms. The van der Waals surface area contributed by atoms with E-state index >= 15 is 0 Å². The Morgan fingerprint density at radius 1 is 1.25 bits per heavy atom. The van der Waals surface area contributed by atoms with Gasteiger partial charge in [-0.1, -0.05) is 19.3 Å². The summed E-state index contributed by atoms with van der Waals surface area (Å²) in [5, 5.41) is 13.1. The summed E-state index contributed by atoms with van der Waals surface area (Å²) in [7, 11) is 0. The van der Waals surface area contributed by atoms with E-state index in [0.29, 0.717) is 24.5 Å². The topological polar surface area (TPSA) is 70.6 Å². The molecule has 1 atom stereocenters. The first-order chi connectivity index (χ1) is 7.75. The third-order valence-corrected chi connectivity index (χ3v) is 3.57. The lowest BCUT2D eigenvalue weighted by molar-refractivity contribution is 0.0924. The Morgan fingerprint density at radius 2 is 1.94 bits per heavy atom. The molecule has 0 aromatic rings. The zero-order valence-corrected chi connectivity index (χ0v) is 9.86. The molecule has 92 valence electrons. The summed E-state index contributed by atoms with van der Waals surface area (Å²) in [5.41, 5.74) is 5.72. The smallest absolute Gasteiger partial charge is 0.188 e. The quantitative estimate of drug-likeness (QED) is 0.493. The lowest BCUT2D eigenvalue weighted by atomic mass is 9.85. The molecule has 0 amide bonds. The first-order valence-corrected chi connectivity index (χ1v) is 6.50. The predicted molar refractivity (Wildman–Crippen MR) is 65.2 cm³/mol. The second-order valence-electron chi connectivity index (χ2n) is 5.11. The van der Waals surface area contributed by atoms with Gasteiger partial charge in [-0.2, -0.15) is 0 Å². The number of aliphatic imine (C=N–C) groups is 1. The highest BCUT2D eigenvalue weighted by Gasteiger charge is 2.23. The van der Waals surface area contributed by atoms with Gasteiger partial charge in [0.15, 0.2) is 5.96 Å². The van der Waals surface area contributed by atoms with Gasteiger partial charge in [-0.25, -0.2) is 0 Å². The summed E-state index contributed by atoms with van der Waals surface area (Å²) in [6.45, 7) is 0.455. The van der Waals surface area contributed by atoms with Crippen molar-refractivity contribution in [2.45, 2.75) is 57.1 Å². The molecule has 2 fully saturated rings. The molecular weight excluding hydrogens is 202 g/mol. The molecule has 4 nitrogen and oxygen atoms in total. The Hall–Kier alpha value is -0.770. The molecule has 2 aliphatic carbocycles. The highest BCUT2D eigenvalue weighted by Crippen LogP contribution is 2.26. The van der Waals surface area contributed by atoms with E-state index in [0.717, 1.165) is 12.8 Å². The fraction of sp³-hybridized carbons (Fsp3) is 0.917. The average Bonchev–Trinajstić information content (AvgIpc) is 3.11. The molecule has 2 aliphatic rings. The minimum absolute atomic E-state index is 0.306. The number of nitrogens with two attached hydrogens (primary N) is 1. The maximum absolute atomic E-state index is 9.98. The number of nitrogens with one attached hydrogen (secondary N) is 1. The highest BCUT2D eigenvalue weighted by atomic mass is 16.3. The molecule has 1 unspecified atom stereocenters. The molecule has 2 rings (SSSR count). The Bertz CT molecular complexity index is 245. The molecule has 2 saturated carbocycles. The number of guanidine groups is 1. The molecule has 0 heterocycles. The van der Waals surface area contributed by atoms with Crippen LogP contribution in [0.2, 0.25) is 0 Å². The summed E-state index contributed by atoms with van der Waals surface area (Å²) < 4.78 is 0. The van der Waals surface area contributed by atoms with Gasteiger partial charge in [0.05, 0.1) is 12.6 Å². The number of hydrogen-bond donors (Lipinski definition) is 3. The lowest BCUT2D eigenvalue weighted by Gasteiger charge is -2.25. The number of aliphatic hydroxyl groups excluding tert-OH is 1. The van der Waals surface area contributed by atoms with Crippen LogP contribution in [0.25, 0.3) is 0 Å². The third-order valence-electron chi connectivity index (χ3n) is 3.57. The first kappa shape index (κ1) is 11.7. The van der Waals surface area contributed by atoms with E-state index in [4.69, 9.17) is 5.73 Å². The van der Waals surface area contributed by atoms with Crippen molar-refractivity contribution in [1.29, 1.82) is 0 Å². The van der Waals surface area contributed by atoms with E-state index in [1.165, 1.54) is 32.1 Å². The van der Waals surface area contributed by atoms with Crippen molar-refractivity contribution in [3.63, 3.8) is 0 Å². The van der Waals surface area contributed by atoms with Gasteiger partial charge in [-0.05, 0) is 31.6 Å². The summed E-state index contributed by atoms with van der Waals surface area (Å²) in [4.78, 5) is 4.21. The van der Waals surface area contributed by atoms with Gasteiger partial charge in [0.1, 0.15) is 0 Å². The van der Waals surface area contributed by atoms with Crippen LogP contribution in [-0.4, -0.2) is 29.8 Å². The van der Waals surface area contributed by atoms with Crippen LogP contribution in [0.5, 0.6) is 0 Å². The van der Waals surface area contributed by atoms with Crippen LogP contribution in [0.15, 0.2) is 4.99 Å². The Kier molecular flexibility index (Phi) is 4.04. The van der Waals surface area contributed by atoms with Crippen LogP contribution in [-0.2, 0) is 0 Å². The van der Waals surface area contributed by atoms with E-state index in [9.17, 15) is 5.11 Å². The van der Waals surface area contributed by atoms with Crippen molar-refractivity contribution in [2.24, 2.45) is 16.6 Å². The molecule has 0 aliphatic heterocycles. The Balaban J connectivity index is 1.70. The van der Waals surface area contributed by atoms with Crippen molar-refractivity contribution in [3.05, 3.63) is 0 Å². The molecule has 0 bridgehead atoms. The van der Waals surface area contributed by atoms with E-state index in [1.807, 2.05) is 0 Å². The third kappa shape index (κ3) is 3.67. The first-order valence-electron chi connectivity index (χ1n) is 6.50. The number of hydrogen-bond acceptors (Lipinski definition) is 2. The summed E-state index contributed by atoms with van der Waals surface area (Å²) in [5.74, 6) is 0.934. The van der Waals surface area contributed by atoms with Gasteiger partial charge >= 0.3 is 0 Å². The molecule has 4 N–H and O–H groups in total. The van der Waals surface area contributed by atoms with Crippen LogP contribution in [0.4, 0.5) is 0 Å². The molecule has 0 saturated heterocycles. The van der Waals surface area contributed by atoms with E-state index < -0.39 is 0 Å². The van der Waals surface area contributed by atoms with Gasteiger partial charge in [0, 0.05) is 6.04 Å². The molecular formula is C12H23N3O. The second-order valence-corrected chi connectivity index (χ2v) is 5.11. The van der Waals surface area contributed by atoms with Crippen LogP contribution in [0.1, 0.15) is 44.9 Å². The number of aliphatic hydroxyl groups is 1. The number of rotatable bonds is 4. The van der Waals surface area contributed by atoms with Gasteiger partial charge in [0.25, 0.3) is 0 Å². The van der Waals surface area contributed by atoms with E-state index in [2.05, 4.69) is 10.3 Å². The summed E-state index contributed by atoms with van der Waals surface area (Å²) >= 11 is 0. The largest absolute Gasteiger partial charge is 0.391 e. The van der Waals surface area contributed by atoms with Crippen molar-refractivity contribution >= 4 is 5.96 Å². The fourth-order valence-electron chi connectivity index (χ4n) is 2.34. The lowest BCUT2D eigenvalue weighted by Crippen LogP contribution is -2.35. The standard InChI is InChI=1S/C12H23N3O/c13-12(15-10-6-7-10)14-8-11(16)9-4-2-1-3-5-9/h9-11,16H,1-8H2,(H3,13,14,15). The van der Waals surface area contributed by atoms with Gasteiger partial charge < -0.3 is 16.2 Å². The maximum atomic E-state index is 9.98. The average molecular weight is 225 g/mol. The van der Waals surface area contributed by atoms with Crippen molar-refractivity contribution in [2.75, 3.05) is 6.54 Å². The summed E-state index contributed by atoms with van der Waals surface area (Å²) in [6, 6.07) is 0.538. The van der Waals surface area contributed by atoms with E-state index in [1.54, 1.807) is 0 Å². The van der Waals surface area contributed by atoms with Gasteiger partial charge in [-0.15, -0.1) is 0 Å². The molecule has 0 aromatic carbocycles. The van der Waals surface area contributed by atoms with Crippen LogP contribution < -0.4 is 11.1 Å². The van der Waals surface area contributed by atoms with Crippen molar-refractivity contribution in [3.8, 4) is 0 Å². The number of nitrogens with zero attached hydrogens (tertiary/aromatic N) is 1. The van der Waals surface area contributed by atoms with Crippen molar-refractivity contribution in [1.82, 2.24) is 5.32 Å². The van der Waals surface area contributed by atoms with Crippen LogP contribution in [0, 0.1) is 5.92 Å². The zero-order chi connectivity index (χ0) is 11.4. The second kappa shape index (κ2) is 5.53. The Morgan fingerprint density at radius 3 is 2.56 bits per heavy atom. The normalized spacial score (nSPS) is 25.4. The molecule has 16 heavy (non-hydrogen) atoms. The molecule has 0 aromatic heterocycles. The highest BCUT2D eigenvalue weighted by molar-refractivity contribution is 5.78. The SMILES string of the molecule is NC(=NCC(O)C1CCCCC1)NC1CC1. The maximum Gasteiger partial charge on any atom is 0.188 e. The minimum Gasteiger partial charge on any atom is -0.391 e. The summed E-state index contributed by atoms with van der Waals surface area (Å²) in [6.07, 6.45) is 8.20. The van der Waals surface area contributed by atoms with Crippen LogP contribution >= 0.6 is 0 Å². The molecule has 0 radical (unpaired) electrons.